The van der Waals surface area contributed by atoms with Crippen LogP contribution in [0.1, 0.15) is 29.8 Å². The molecule has 0 bridgehead atoms. The average molecular weight is 351 g/mol. The molecule has 1 unspecified atom stereocenters. The Morgan fingerprint density at radius 1 is 1.35 bits per heavy atom. The average Bonchev–Trinajstić information content (AvgIpc) is 2.98. The third kappa shape index (κ3) is 4.42. The van der Waals surface area contributed by atoms with Crippen molar-refractivity contribution in [1.82, 2.24) is 10.2 Å². The second-order valence-electron chi connectivity index (χ2n) is 5.91. The van der Waals surface area contributed by atoms with Gasteiger partial charge < -0.3 is 10.6 Å². The van der Waals surface area contributed by atoms with E-state index < -0.39 is 0 Å². The van der Waals surface area contributed by atoms with E-state index in [4.69, 9.17) is 17.3 Å². The van der Waals surface area contributed by atoms with Crippen LogP contribution in [0.4, 0.5) is 5.13 Å². The Labute approximate surface area is 144 Å². The van der Waals surface area contributed by atoms with E-state index in [0.29, 0.717) is 12.3 Å². The zero-order valence-electron chi connectivity index (χ0n) is 12.7. The number of anilines is 1. The molecule has 2 N–H and O–H groups in total. The number of carbonyl (C=O) groups excluding carboxylic acids is 1. The SMILES string of the molecule is NC(=O)CC1CCCN(c2nnc(Cc3ccc(Cl)cc3)s2)C1. The molecule has 1 aromatic heterocycles. The maximum Gasteiger partial charge on any atom is 0.217 e. The van der Waals surface area contributed by atoms with Crippen LogP contribution in [-0.4, -0.2) is 29.2 Å². The normalized spacial score (nSPS) is 18.1. The van der Waals surface area contributed by atoms with Crippen molar-refractivity contribution in [1.29, 1.82) is 0 Å². The molecule has 7 heteroatoms. The summed E-state index contributed by atoms with van der Waals surface area (Å²) in [6.07, 6.45) is 3.32. The van der Waals surface area contributed by atoms with Crippen molar-refractivity contribution in [3.63, 3.8) is 0 Å². The van der Waals surface area contributed by atoms with E-state index in [1.165, 1.54) is 5.56 Å². The fraction of sp³-hybridized carbons (Fsp3) is 0.438. The molecule has 0 radical (unpaired) electrons. The third-order valence-electron chi connectivity index (χ3n) is 4.00. The van der Waals surface area contributed by atoms with Gasteiger partial charge in [0.05, 0.1) is 0 Å². The van der Waals surface area contributed by atoms with Gasteiger partial charge in [-0.15, -0.1) is 10.2 Å². The first-order valence-electron chi connectivity index (χ1n) is 7.70. The zero-order valence-corrected chi connectivity index (χ0v) is 14.3. The third-order valence-corrected chi connectivity index (χ3v) is 5.24. The van der Waals surface area contributed by atoms with Crippen LogP contribution in [0.15, 0.2) is 24.3 Å². The van der Waals surface area contributed by atoms with Crippen molar-refractivity contribution >= 4 is 34.0 Å². The van der Waals surface area contributed by atoms with E-state index in [1.54, 1.807) is 11.3 Å². The van der Waals surface area contributed by atoms with Gasteiger partial charge in [-0.3, -0.25) is 4.79 Å². The van der Waals surface area contributed by atoms with Gasteiger partial charge in [0.2, 0.25) is 11.0 Å². The highest BCUT2D eigenvalue weighted by molar-refractivity contribution is 7.15. The van der Waals surface area contributed by atoms with Gasteiger partial charge in [-0.2, -0.15) is 0 Å². The minimum absolute atomic E-state index is 0.224. The quantitative estimate of drug-likeness (QED) is 0.900. The Kier molecular flexibility index (Phi) is 5.13. The van der Waals surface area contributed by atoms with E-state index in [-0.39, 0.29) is 5.91 Å². The molecule has 1 amide bonds. The van der Waals surface area contributed by atoms with Crippen LogP contribution >= 0.6 is 22.9 Å². The van der Waals surface area contributed by atoms with Gasteiger partial charge in [0, 0.05) is 31.0 Å². The summed E-state index contributed by atoms with van der Waals surface area (Å²) in [4.78, 5) is 13.3. The van der Waals surface area contributed by atoms with Crippen molar-refractivity contribution in [3.8, 4) is 0 Å². The maximum absolute atomic E-state index is 11.1. The summed E-state index contributed by atoms with van der Waals surface area (Å²) in [5.74, 6) is 0.0995. The minimum atomic E-state index is -0.224. The molecule has 3 rings (SSSR count). The van der Waals surface area contributed by atoms with Crippen LogP contribution in [0.3, 0.4) is 0 Å². The van der Waals surface area contributed by atoms with Crippen LogP contribution in [0.25, 0.3) is 0 Å². The van der Waals surface area contributed by atoms with Crippen molar-refractivity contribution in [2.45, 2.75) is 25.7 Å². The number of aromatic nitrogens is 2. The highest BCUT2D eigenvalue weighted by Crippen LogP contribution is 2.28. The number of nitrogens with zero attached hydrogens (tertiary/aromatic N) is 3. The highest BCUT2D eigenvalue weighted by atomic mass is 35.5. The van der Waals surface area contributed by atoms with E-state index in [2.05, 4.69) is 15.1 Å². The standard InChI is InChI=1S/C16H19ClN4OS/c17-13-5-3-11(4-6-13)9-15-19-20-16(23-15)21-7-1-2-12(10-21)8-14(18)22/h3-6,12H,1-2,7-10H2,(H2,18,22). The number of primary amides is 1. The predicted molar refractivity (Wildman–Crippen MR) is 92.9 cm³/mol. The molecule has 1 saturated heterocycles. The monoisotopic (exact) mass is 350 g/mol. The number of amides is 1. The minimum Gasteiger partial charge on any atom is -0.370 e. The van der Waals surface area contributed by atoms with Gasteiger partial charge in [0.15, 0.2) is 0 Å². The Bertz CT molecular complexity index is 673. The molecule has 2 aromatic rings. The molecule has 2 heterocycles. The Hall–Kier alpha value is -1.66. The maximum atomic E-state index is 11.1. The van der Waals surface area contributed by atoms with E-state index in [1.807, 2.05) is 24.3 Å². The lowest BCUT2D eigenvalue weighted by atomic mass is 9.95. The van der Waals surface area contributed by atoms with Crippen molar-refractivity contribution in [2.75, 3.05) is 18.0 Å². The van der Waals surface area contributed by atoms with Crippen LogP contribution in [-0.2, 0) is 11.2 Å². The van der Waals surface area contributed by atoms with Crippen molar-refractivity contribution in [2.24, 2.45) is 11.7 Å². The summed E-state index contributed by atoms with van der Waals surface area (Å²) in [6.45, 7) is 1.79. The second kappa shape index (κ2) is 7.27. The van der Waals surface area contributed by atoms with Crippen molar-refractivity contribution in [3.05, 3.63) is 39.9 Å². The molecule has 0 aliphatic carbocycles. The molecule has 0 saturated carbocycles. The smallest absolute Gasteiger partial charge is 0.217 e. The molecule has 1 aromatic carbocycles. The predicted octanol–water partition coefficient (Wildman–Crippen LogP) is 2.87. The highest BCUT2D eigenvalue weighted by Gasteiger charge is 2.23. The van der Waals surface area contributed by atoms with E-state index in [0.717, 1.165) is 47.5 Å². The number of hydrogen-bond acceptors (Lipinski definition) is 5. The zero-order chi connectivity index (χ0) is 16.2. The summed E-state index contributed by atoms with van der Waals surface area (Å²) in [5, 5.41) is 11.3. The molecular formula is C16H19ClN4OS. The number of carbonyl (C=O) groups is 1. The number of piperidine rings is 1. The lowest BCUT2D eigenvalue weighted by molar-refractivity contribution is -0.118. The van der Waals surface area contributed by atoms with Crippen LogP contribution in [0.2, 0.25) is 5.02 Å². The van der Waals surface area contributed by atoms with Gasteiger partial charge in [0.25, 0.3) is 0 Å². The molecule has 0 spiro atoms. The molecule has 122 valence electrons. The van der Waals surface area contributed by atoms with Gasteiger partial charge in [-0.25, -0.2) is 0 Å². The van der Waals surface area contributed by atoms with Crippen LogP contribution < -0.4 is 10.6 Å². The lowest BCUT2D eigenvalue weighted by Crippen LogP contribution is -2.37. The van der Waals surface area contributed by atoms with E-state index in [9.17, 15) is 4.79 Å². The number of rotatable bonds is 5. The number of hydrogen-bond donors (Lipinski definition) is 1. The lowest BCUT2D eigenvalue weighted by Gasteiger charge is -2.31. The summed E-state index contributed by atoms with van der Waals surface area (Å²) in [5.41, 5.74) is 6.48. The van der Waals surface area contributed by atoms with Crippen LogP contribution in [0, 0.1) is 5.92 Å². The summed E-state index contributed by atoms with van der Waals surface area (Å²) in [7, 11) is 0. The first-order chi connectivity index (χ1) is 11.1. The fourth-order valence-electron chi connectivity index (χ4n) is 2.91. The van der Waals surface area contributed by atoms with Crippen LogP contribution in [0.5, 0.6) is 0 Å². The van der Waals surface area contributed by atoms with Gasteiger partial charge >= 0.3 is 0 Å². The molecule has 1 atom stereocenters. The molecule has 1 aliphatic heterocycles. The molecular weight excluding hydrogens is 332 g/mol. The topological polar surface area (TPSA) is 72.1 Å². The Morgan fingerprint density at radius 2 is 2.13 bits per heavy atom. The number of benzene rings is 1. The summed E-state index contributed by atoms with van der Waals surface area (Å²) < 4.78 is 0. The van der Waals surface area contributed by atoms with Gasteiger partial charge in [0.1, 0.15) is 5.01 Å². The van der Waals surface area contributed by atoms with E-state index >= 15 is 0 Å². The second-order valence-corrected chi connectivity index (χ2v) is 7.38. The number of nitrogens with two attached hydrogens (primary N) is 1. The number of halogens is 1. The summed E-state index contributed by atoms with van der Waals surface area (Å²) in [6, 6.07) is 7.79. The first-order valence-corrected chi connectivity index (χ1v) is 8.89. The van der Waals surface area contributed by atoms with Gasteiger partial charge in [-0.1, -0.05) is 35.1 Å². The van der Waals surface area contributed by atoms with Crippen molar-refractivity contribution < 1.29 is 4.79 Å². The molecule has 1 aliphatic rings. The summed E-state index contributed by atoms with van der Waals surface area (Å²) >= 11 is 7.52. The van der Waals surface area contributed by atoms with Gasteiger partial charge in [-0.05, 0) is 36.5 Å². The Balaban J connectivity index is 1.64. The largest absolute Gasteiger partial charge is 0.370 e. The molecule has 23 heavy (non-hydrogen) atoms. The fourth-order valence-corrected chi connectivity index (χ4v) is 3.94. The Morgan fingerprint density at radius 3 is 2.87 bits per heavy atom. The first kappa shape index (κ1) is 16.2. The molecule has 5 nitrogen and oxygen atoms in total. The molecule has 1 fully saturated rings.